The van der Waals surface area contributed by atoms with E-state index in [4.69, 9.17) is 11.5 Å². The average molecular weight is 483 g/mol. The second-order valence-corrected chi connectivity index (χ2v) is 9.08. The lowest BCUT2D eigenvalue weighted by Crippen LogP contribution is -2.57. The van der Waals surface area contributed by atoms with E-state index in [1.807, 2.05) is 0 Å². The van der Waals surface area contributed by atoms with Crippen LogP contribution in [0.1, 0.15) is 58.8 Å². The van der Waals surface area contributed by atoms with E-state index in [1.54, 1.807) is 0 Å². The molecule has 4 amide bonds. The Morgan fingerprint density at radius 2 is 1.53 bits per heavy atom. The zero-order valence-corrected chi connectivity index (χ0v) is 20.0. The van der Waals surface area contributed by atoms with Crippen LogP contribution in [0.4, 0.5) is 0 Å². The van der Waals surface area contributed by atoms with Gasteiger partial charge in [0.25, 0.3) is 0 Å². The SMILES string of the molecule is C[C@H](N)C(=O)N[C@@H](CCCCN)C(=O)N1CCC[C@H]1C(=O)N[C@@H](C)C(=O)N1CCC[C@H]1C(=O)O. The molecule has 0 aromatic heterocycles. The molecule has 2 fully saturated rings. The lowest BCUT2D eigenvalue weighted by molar-refractivity contribution is -0.149. The van der Waals surface area contributed by atoms with Gasteiger partial charge < -0.3 is 37.0 Å². The minimum Gasteiger partial charge on any atom is -0.480 e. The fraction of sp³-hybridized carbons (Fsp3) is 0.773. The van der Waals surface area contributed by atoms with E-state index in [1.165, 1.54) is 23.6 Å². The van der Waals surface area contributed by atoms with Crippen LogP contribution >= 0.6 is 0 Å². The van der Waals surface area contributed by atoms with E-state index in [0.717, 1.165) is 0 Å². The molecule has 0 aromatic carbocycles. The van der Waals surface area contributed by atoms with Crippen molar-refractivity contribution in [2.45, 2.75) is 89.0 Å². The number of nitrogens with one attached hydrogen (secondary N) is 2. The lowest BCUT2D eigenvalue weighted by atomic mass is 10.1. The van der Waals surface area contributed by atoms with Gasteiger partial charge in [-0.05, 0) is 65.3 Å². The molecule has 12 nitrogen and oxygen atoms in total. The van der Waals surface area contributed by atoms with E-state index in [9.17, 15) is 29.1 Å². The molecule has 2 aliphatic heterocycles. The molecule has 2 rings (SSSR count). The minimum atomic E-state index is -1.06. The molecular weight excluding hydrogens is 444 g/mol. The maximum atomic E-state index is 13.3. The summed E-state index contributed by atoms with van der Waals surface area (Å²) in [6, 6.07) is -4.20. The Morgan fingerprint density at radius 3 is 2.09 bits per heavy atom. The molecule has 2 heterocycles. The van der Waals surface area contributed by atoms with Gasteiger partial charge >= 0.3 is 5.97 Å². The Labute approximate surface area is 199 Å². The van der Waals surface area contributed by atoms with Gasteiger partial charge in [0.1, 0.15) is 24.2 Å². The van der Waals surface area contributed by atoms with Crippen LogP contribution < -0.4 is 22.1 Å². The Kier molecular flexibility index (Phi) is 10.2. The molecule has 0 aliphatic carbocycles. The second kappa shape index (κ2) is 12.7. The summed E-state index contributed by atoms with van der Waals surface area (Å²) >= 11 is 0. The van der Waals surface area contributed by atoms with Crippen LogP contribution in [0.25, 0.3) is 0 Å². The normalized spacial score (nSPS) is 22.7. The number of rotatable bonds is 11. The molecule has 5 atom stereocenters. The molecule has 0 saturated carbocycles. The van der Waals surface area contributed by atoms with Gasteiger partial charge in [0.05, 0.1) is 6.04 Å². The van der Waals surface area contributed by atoms with Crippen LogP contribution in [0.2, 0.25) is 0 Å². The van der Waals surface area contributed by atoms with Gasteiger partial charge in [-0.1, -0.05) is 0 Å². The number of carboxylic acids is 1. The predicted octanol–water partition coefficient (Wildman–Crippen LogP) is -1.48. The number of hydrogen-bond acceptors (Lipinski definition) is 7. The fourth-order valence-electron chi connectivity index (χ4n) is 4.46. The molecule has 12 heteroatoms. The van der Waals surface area contributed by atoms with Crippen LogP contribution in [0.5, 0.6) is 0 Å². The number of nitrogens with two attached hydrogens (primary N) is 2. The third kappa shape index (κ3) is 6.89. The molecule has 2 saturated heterocycles. The summed E-state index contributed by atoms with van der Waals surface area (Å²) in [5, 5.41) is 14.7. The van der Waals surface area contributed by atoms with Crippen molar-refractivity contribution >= 4 is 29.6 Å². The summed E-state index contributed by atoms with van der Waals surface area (Å²) in [5.41, 5.74) is 11.2. The van der Waals surface area contributed by atoms with Gasteiger partial charge in [-0.25, -0.2) is 4.79 Å². The van der Waals surface area contributed by atoms with Gasteiger partial charge in [-0.15, -0.1) is 0 Å². The second-order valence-electron chi connectivity index (χ2n) is 9.08. The van der Waals surface area contributed by atoms with Gasteiger partial charge in [0.2, 0.25) is 23.6 Å². The van der Waals surface area contributed by atoms with Crippen LogP contribution in [-0.2, 0) is 24.0 Å². The van der Waals surface area contributed by atoms with Crippen molar-refractivity contribution in [1.82, 2.24) is 20.4 Å². The van der Waals surface area contributed by atoms with Crippen molar-refractivity contribution in [3.8, 4) is 0 Å². The van der Waals surface area contributed by atoms with Gasteiger partial charge in [-0.3, -0.25) is 19.2 Å². The smallest absolute Gasteiger partial charge is 0.326 e. The maximum Gasteiger partial charge on any atom is 0.326 e. The maximum absolute atomic E-state index is 13.3. The third-order valence-electron chi connectivity index (χ3n) is 6.36. The molecule has 0 unspecified atom stereocenters. The first-order valence-corrected chi connectivity index (χ1v) is 12.0. The lowest BCUT2D eigenvalue weighted by Gasteiger charge is -2.30. The van der Waals surface area contributed by atoms with Crippen molar-refractivity contribution in [3.05, 3.63) is 0 Å². The molecule has 2 aliphatic rings. The van der Waals surface area contributed by atoms with Crippen LogP contribution in [-0.4, -0.2) is 94.3 Å². The number of aliphatic carboxylic acids is 1. The molecule has 0 bridgehead atoms. The zero-order chi connectivity index (χ0) is 25.4. The number of likely N-dealkylation sites (tertiary alicyclic amines) is 2. The number of hydrogen-bond donors (Lipinski definition) is 5. The Morgan fingerprint density at radius 1 is 0.941 bits per heavy atom. The number of carbonyl (C=O) groups is 5. The first-order chi connectivity index (χ1) is 16.1. The molecule has 34 heavy (non-hydrogen) atoms. The van der Waals surface area contributed by atoms with E-state index in [-0.39, 0.29) is 5.91 Å². The highest BCUT2D eigenvalue weighted by molar-refractivity contribution is 5.95. The van der Waals surface area contributed by atoms with Crippen molar-refractivity contribution in [2.24, 2.45) is 11.5 Å². The van der Waals surface area contributed by atoms with Crippen molar-refractivity contribution < 1.29 is 29.1 Å². The number of unbranched alkanes of at least 4 members (excludes halogenated alkanes) is 1. The largest absolute Gasteiger partial charge is 0.480 e. The Hall–Kier alpha value is -2.73. The van der Waals surface area contributed by atoms with Crippen molar-refractivity contribution in [3.63, 3.8) is 0 Å². The highest BCUT2D eigenvalue weighted by Crippen LogP contribution is 2.21. The third-order valence-corrected chi connectivity index (χ3v) is 6.36. The molecule has 0 aromatic rings. The first kappa shape index (κ1) is 27.5. The van der Waals surface area contributed by atoms with E-state index >= 15 is 0 Å². The van der Waals surface area contributed by atoms with E-state index in [2.05, 4.69) is 10.6 Å². The number of carbonyl (C=O) groups excluding carboxylic acids is 4. The first-order valence-electron chi connectivity index (χ1n) is 12.0. The minimum absolute atomic E-state index is 0.327. The summed E-state index contributed by atoms with van der Waals surface area (Å²) in [7, 11) is 0. The van der Waals surface area contributed by atoms with Gasteiger partial charge in [0.15, 0.2) is 0 Å². The zero-order valence-electron chi connectivity index (χ0n) is 20.0. The summed E-state index contributed by atoms with van der Waals surface area (Å²) < 4.78 is 0. The summed E-state index contributed by atoms with van der Waals surface area (Å²) in [4.78, 5) is 65.3. The van der Waals surface area contributed by atoms with Crippen LogP contribution in [0, 0.1) is 0 Å². The molecular formula is C22H38N6O6. The molecule has 0 radical (unpaired) electrons. The highest BCUT2D eigenvalue weighted by atomic mass is 16.4. The van der Waals surface area contributed by atoms with E-state index < -0.39 is 53.9 Å². The number of amides is 4. The van der Waals surface area contributed by atoms with Crippen LogP contribution in [0.15, 0.2) is 0 Å². The fourth-order valence-corrected chi connectivity index (χ4v) is 4.46. The van der Waals surface area contributed by atoms with Gasteiger partial charge in [0, 0.05) is 13.1 Å². The summed E-state index contributed by atoms with van der Waals surface area (Å²) in [6.45, 7) is 4.18. The summed E-state index contributed by atoms with van der Waals surface area (Å²) in [5.74, 6) is -2.82. The molecule has 0 spiro atoms. The monoisotopic (exact) mass is 482 g/mol. The van der Waals surface area contributed by atoms with Crippen molar-refractivity contribution in [1.29, 1.82) is 0 Å². The standard InChI is InChI=1S/C22H38N6O6/c1-13(24)18(29)26-15(7-3-4-10-23)21(32)27-11-5-8-16(27)19(30)25-14(2)20(31)28-12-6-9-17(28)22(33)34/h13-17H,3-12,23-24H2,1-2H3,(H,25,30)(H,26,29)(H,33,34)/t13-,14-,15-,16-,17-/m0/s1. The van der Waals surface area contributed by atoms with Gasteiger partial charge in [-0.2, -0.15) is 0 Å². The number of nitrogens with zero attached hydrogens (tertiary/aromatic N) is 2. The predicted molar refractivity (Wildman–Crippen MR) is 123 cm³/mol. The highest BCUT2D eigenvalue weighted by Gasteiger charge is 2.40. The topological polar surface area (TPSA) is 188 Å². The van der Waals surface area contributed by atoms with E-state index in [0.29, 0.717) is 64.6 Å². The number of carboxylic acid groups (broad SMARTS) is 1. The summed E-state index contributed by atoms with van der Waals surface area (Å²) in [6.07, 6.45) is 3.70. The Bertz CT molecular complexity index is 775. The van der Waals surface area contributed by atoms with Crippen molar-refractivity contribution in [2.75, 3.05) is 19.6 Å². The molecule has 192 valence electrons. The molecule has 7 N–H and O–H groups in total. The quantitative estimate of drug-likeness (QED) is 0.220. The van der Waals surface area contributed by atoms with Crippen LogP contribution in [0.3, 0.4) is 0 Å². The average Bonchev–Trinajstić information content (AvgIpc) is 3.47. The Balaban J connectivity index is 2.05.